The highest BCUT2D eigenvalue weighted by atomic mass is 35.5. The van der Waals surface area contributed by atoms with Crippen molar-refractivity contribution in [2.45, 2.75) is 52.9 Å². The Morgan fingerprint density at radius 3 is 2.47 bits per heavy atom. The molecule has 0 radical (unpaired) electrons. The minimum absolute atomic E-state index is 0.00874. The first kappa shape index (κ1) is 30.5. The summed E-state index contributed by atoms with van der Waals surface area (Å²) in [6.07, 6.45) is -1.43. The first-order chi connectivity index (χ1) is 17.6. The maximum Gasteiger partial charge on any atom is 0.573 e. The monoisotopic (exact) mass is 554 g/mol. The number of hydrogen-bond acceptors (Lipinski definition) is 6. The maximum absolute atomic E-state index is 13.3. The topological polar surface area (TPSA) is 130 Å². The third kappa shape index (κ3) is 9.29. The number of carbonyl (C=O) groups is 1. The number of amidine groups is 1. The Kier molecular flexibility index (Phi) is 10.2. The standard InChI is InChI=1S/C26H30ClF3N4O4/c1-5-7-19(24(31)33-14-32-16-12-18(27)22(36)21(35)13-16)34-20(23(37)25(2,3)4)11-15-8-6-9-17(10-15)38-26(28,29)30/h6-10,12-14,20,34-36H,5,11H2,1-4H3,(H2,31,32,33)/b19-7-. The Morgan fingerprint density at radius 1 is 1.21 bits per heavy atom. The SMILES string of the molecule is CC/C=C(\NC(Cc1cccc(OC(F)(F)F)c1)C(=O)C(C)(C)C)C(N)=NC=Nc1cc(O)c(O)c(Cl)c1. The number of ether oxygens (including phenoxy) is 1. The van der Waals surface area contributed by atoms with Crippen LogP contribution in [0.25, 0.3) is 0 Å². The van der Waals surface area contributed by atoms with Gasteiger partial charge in [-0.1, -0.05) is 57.5 Å². The van der Waals surface area contributed by atoms with Crippen molar-refractivity contribution in [2.24, 2.45) is 21.1 Å². The van der Waals surface area contributed by atoms with E-state index in [9.17, 15) is 28.2 Å². The van der Waals surface area contributed by atoms with Crippen molar-refractivity contribution >= 4 is 35.2 Å². The minimum Gasteiger partial charge on any atom is -0.504 e. The quantitative estimate of drug-likeness (QED) is 0.167. The second-order valence-electron chi connectivity index (χ2n) is 9.29. The van der Waals surface area contributed by atoms with Gasteiger partial charge in [0.25, 0.3) is 0 Å². The number of alkyl halides is 3. The van der Waals surface area contributed by atoms with E-state index >= 15 is 0 Å². The van der Waals surface area contributed by atoms with Gasteiger partial charge >= 0.3 is 6.36 Å². The first-order valence-electron chi connectivity index (χ1n) is 11.5. The van der Waals surface area contributed by atoms with Crippen LogP contribution in [-0.2, 0) is 11.2 Å². The Morgan fingerprint density at radius 2 is 1.89 bits per heavy atom. The number of nitrogens with two attached hydrogens (primary N) is 1. The van der Waals surface area contributed by atoms with Crippen molar-refractivity contribution in [1.29, 1.82) is 0 Å². The molecule has 2 aromatic rings. The van der Waals surface area contributed by atoms with Crippen LogP contribution in [0.2, 0.25) is 5.02 Å². The molecular weight excluding hydrogens is 525 g/mol. The molecule has 38 heavy (non-hydrogen) atoms. The number of Topliss-reactive ketones (excluding diaryl/α,β-unsaturated/α-hetero) is 1. The molecule has 0 heterocycles. The number of ketones is 1. The van der Waals surface area contributed by atoms with Gasteiger partial charge in [0.1, 0.15) is 17.9 Å². The number of nitrogens with one attached hydrogen (secondary N) is 1. The van der Waals surface area contributed by atoms with Crippen LogP contribution in [0.4, 0.5) is 18.9 Å². The van der Waals surface area contributed by atoms with Crippen LogP contribution in [0, 0.1) is 5.41 Å². The smallest absolute Gasteiger partial charge is 0.504 e. The highest BCUT2D eigenvalue weighted by Crippen LogP contribution is 2.36. The van der Waals surface area contributed by atoms with Crippen LogP contribution in [0.3, 0.4) is 0 Å². The van der Waals surface area contributed by atoms with Crippen molar-refractivity contribution in [3.05, 3.63) is 58.8 Å². The van der Waals surface area contributed by atoms with E-state index in [0.29, 0.717) is 17.7 Å². The van der Waals surface area contributed by atoms with Gasteiger partial charge < -0.3 is 26.0 Å². The van der Waals surface area contributed by atoms with Gasteiger partial charge in [0.15, 0.2) is 17.3 Å². The lowest BCUT2D eigenvalue weighted by Crippen LogP contribution is -2.46. The predicted octanol–water partition coefficient (Wildman–Crippen LogP) is 5.78. The molecule has 0 spiro atoms. The number of aliphatic imine (C=N–C) groups is 2. The maximum atomic E-state index is 13.3. The number of nitrogens with zero attached hydrogens (tertiary/aromatic N) is 2. The molecule has 0 amide bonds. The molecule has 206 valence electrons. The van der Waals surface area contributed by atoms with Gasteiger partial charge in [-0.3, -0.25) is 4.79 Å². The van der Waals surface area contributed by atoms with Crippen LogP contribution >= 0.6 is 11.6 Å². The summed E-state index contributed by atoms with van der Waals surface area (Å²) in [7, 11) is 0. The van der Waals surface area contributed by atoms with Crippen LogP contribution in [-0.4, -0.2) is 40.6 Å². The van der Waals surface area contributed by atoms with E-state index in [1.54, 1.807) is 32.9 Å². The van der Waals surface area contributed by atoms with Gasteiger partial charge in [-0.05, 0) is 36.6 Å². The lowest BCUT2D eigenvalue weighted by molar-refractivity contribution is -0.274. The average Bonchev–Trinajstić information content (AvgIpc) is 2.79. The normalized spacial score (nSPS) is 14.0. The molecule has 0 saturated carbocycles. The number of allylic oxidation sites excluding steroid dienone is 1. The second kappa shape index (κ2) is 12.7. The average molecular weight is 555 g/mol. The molecule has 0 aromatic heterocycles. The van der Waals surface area contributed by atoms with Gasteiger partial charge in [-0.15, -0.1) is 13.2 Å². The molecule has 0 aliphatic carbocycles. The van der Waals surface area contributed by atoms with E-state index in [0.717, 1.165) is 6.34 Å². The van der Waals surface area contributed by atoms with Gasteiger partial charge in [-0.2, -0.15) is 0 Å². The summed E-state index contributed by atoms with van der Waals surface area (Å²) < 4.78 is 42.0. The number of phenols is 2. The van der Waals surface area contributed by atoms with Crippen molar-refractivity contribution in [1.82, 2.24) is 5.32 Å². The van der Waals surface area contributed by atoms with Crippen LogP contribution in [0.15, 0.2) is 58.2 Å². The molecule has 0 fully saturated rings. The number of benzene rings is 2. The molecule has 2 aromatic carbocycles. The predicted molar refractivity (Wildman–Crippen MR) is 141 cm³/mol. The summed E-state index contributed by atoms with van der Waals surface area (Å²) in [6.45, 7) is 7.05. The third-order valence-corrected chi connectivity index (χ3v) is 5.36. The summed E-state index contributed by atoms with van der Waals surface area (Å²) in [5.41, 5.74) is 6.36. The van der Waals surface area contributed by atoms with Crippen molar-refractivity contribution < 1.29 is 32.9 Å². The third-order valence-electron chi connectivity index (χ3n) is 5.07. The van der Waals surface area contributed by atoms with Gasteiger partial charge in [0, 0.05) is 11.5 Å². The summed E-state index contributed by atoms with van der Waals surface area (Å²) in [5, 5.41) is 22.2. The van der Waals surface area contributed by atoms with Gasteiger partial charge in [-0.25, -0.2) is 9.98 Å². The van der Waals surface area contributed by atoms with Crippen molar-refractivity contribution in [2.75, 3.05) is 0 Å². The number of halogens is 4. The lowest BCUT2D eigenvalue weighted by Gasteiger charge is -2.27. The fourth-order valence-corrected chi connectivity index (χ4v) is 3.55. The molecule has 0 aliphatic heterocycles. The van der Waals surface area contributed by atoms with Crippen molar-refractivity contribution in [3.63, 3.8) is 0 Å². The van der Waals surface area contributed by atoms with E-state index in [2.05, 4.69) is 20.0 Å². The summed E-state index contributed by atoms with van der Waals surface area (Å²) in [6, 6.07) is 7.06. The fraction of sp³-hybridized carbons (Fsp3) is 0.346. The number of hydrogen-bond donors (Lipinski definition) is 4. The summed E-state index contributed by atoms with van der Waals surface area (Å²) in [4.78, 5) is 21.4. The molecule has 0 aliphatic rings. The molecule has 0 saturated heterocycles. The minimum atomic E-state index is -4.84. The molecule has 1 unspecified atom stereocenters. The summed E-state index contributed by atoms with van der Waals surface area (Å²) in [5.74, 6) is -1.53. The van der Waals surface area contributed by atoms with Crippen molar-refractivity contribution in [3.8, 4) is 17.2 Å². The first-order valence-corrected chi connectivity index (χ1v) is 11.9. The zero-order chi connectivity index (χ0) is 28.7. The number of aromatic hydroxyl groups is 2. The molecule has 1 atom stereocenters. The summed E-state index contributed by atoms with van der Waals surface area (Å²) >= 11 is 5.82. The largest absolute Gasteiger partial charge is 0.573 e. The van der Waals surface area contributed by atoms with E-state index < -0.39 is 29.3 Å². The zero-order valence-corrected chi connectivity index (χ0v) is 22.1. The van der Waals surface area contributed by atoms with E-state index in [4.69, 9.17) is 17.3 Å². The molecule has 2 rings (SSSR count). The molecular formula is C26H30ClF3N4O4. The van der Waals surface area contributed by atoms with E-state index in [1.807, 2.05) is 6.92 Å². The Labute approximate surface area is 223 Å². The highest BCUT2D eigenvalue weighted by molar-refractivity contribution is 6.32. The number of rotatable bonds is 10. The highest BCUT2D eigenvalue weighted by Gasteiger charge is 2.32. The van der Waals surface area contributed by atoms with Gasteiger partial charge in [0.05, 0.1) is 22.4 Å². The Hall–Kier alpha value is -3.73. The van der Waals surface area contributed by atoms with Gasteiger partial charge in [0.2, 0.25) is 0 Å². The molecule has 0 bridgehead atoms. The Bertz CT molecular complexity index is 1210. The number of phenolic OH excluding ortho intramolecular Hbond substituents is 2. The van der Waals surface area contributed by atoms with E-state index in [1.165, 1.54) is 30.3 Å². The fourth-order valence-electron chi connectivity index (χ4n) is 3.34. The van der Waals surface area contributed by atoms with Crippen LogP contribution in [0.5, 0.6) is 17.2 Å². The van der Waals surface area contributed by atoms with E-state index in [-0.39, 0.29) is 34.5 Å². The second-order valence-corrected chi connectivity index (χ2v) is 9.70. The lowest BCUT2D eigenvalue weighted by atomic mass is 9.84. The molecule has 8 nitrogen and oxygen atoms in total. The van der Waals surface area contributed by atoms with Crippen LogP contribution in [0.1, 0.15) is 39.7 Å². The Balaban J connectivity index is 2.33. The molecule has 5 N–H and O–H groups in total. The zero-order valence-electron chi connectivity index (χ0n) is 21.3. The molecule has 12 heteroatoms. The van der Waals surface area contributed by atoms with Crippen LogP contribution < -0.4 is 15.8 Å². The number of carbonyl (C=O) groups excluding carboxylic acids is 1.